The van der Waals surface area contributed by atoms with Crippen LogP contribution in [0.1, 0.15) is 48.7 Å². The van der Waals surface area contributed by atoms with Crippen molar-refractivity contribution in [2.45, 2.75) is 69.7 Å². The quantitative estimate of drug-likeness (QED) is 0.111. The fourth-order valence-corrected chi connectivity index (χ4v) is 9.07. The third kappa shape index (κ3) is 11.7. The molecule has 0 radical (unpaired) electrons. The molecule has 0 aliphatic carbocycles. The summed E-state index contributed by atoms with van der Waals surface area (Å²) in [6.45, 7) is 2.57. The number of amides is 4. The summed E-state index contributed by atoms with van der Waals surface area (Å²) < 4.78 is 14.6. The van der Waals surface area contributed by atoms with Gasteiger partial charge in [-0.25, -0.2) is 4.98 Å². The number of hydrogen-bond donors (Lipinski definition) is 2. The van der Waals surface area contributed by atoms with Crippen LogP contribution in [-0.2, 0) is 56.9 Å². The van der Waals surface area contributed by atoms with Gasteiger partial charge >= 0.3 is 0 Å². The van der Waals surface area contributed by atoms with Gasteiger partial charge in [-0.3, -0.25) is 19.2 Å². The molecule has 0 saturated carbocycles. The van der Waals surface area contributed by atoms with E-state index >= 15 is 0 Å². The molecule has 2 saturated heterocycles. The van der Waals surface area contributed by atoms with Gasteiger partial charge < -0.3 is 44.6 Å². The number of piperidine rings is 1. The summed E-state index contributed by atoms with van der Waals surface area (Å²) >= 11 is 12.8. The van der Waals surface area contributed by atoms with E-state index in [0.717, 1.165) is 22.6 Å². The molecule has 0 unspecified atom stereocenters. The Morgan fingerprint density at radius 2 is 1.65 bits per heavy atom. The SMILES string of the molecule is COC[C@@H]1NC(=O)[C@H](C)N(Cc2ccc(Cl)cc2Oc2ccc(-c3cnc(CN(C)C)n3C)cc2)C(=O)C[C@@H](Cc2cc[n+]([O-])cc2)C(=O)N2CCC[C@@](Cc3ccc(Cl)cc3)(C2)NC1=O. The number of fused-ring (bicyclic) bond motifs is 2. The fourth-order valence-electron chi connectivity index (χ4n) is 8.78. The summed E-state index contributed by atoms with van der Waals surface area (Å²) in [7, 11) is 7.40. The smallest absolute Gasteiger partial charge is 0.245 e. The lowest BCUT2D eigenvalue weighted by Gasteiger charge is -2.45. The molecule has 2 aliphatic rings. The number of hydrogen-bond acceptors (Lipinski definition) is 9. The number of halogens is 2. The zero-order valence-corrected chi connectivity index (χ0v) is 39.3. The highest BCUT2D eigenvalue weighted by Gasteiger charge is 2.43. The van der Waals surface area contributed by atoms with Crippen LogP contribution in [0.3, 0.4) is 0 Å². The van der Waals surface area contributed by atoms with E-state index in [1.165, 1.54) is 24.4 Å². The van der Waals surface area contributed by atoms with Gasteiger partial charge in [-0.15, -0.1) is 0 Å². The first-order chi connectivity index (χ1) is 31.6. The minimum atomic E-state index is -1.14. The van der Waals surface area contributed by atoms with Crippen molar-refractivity contribution < 1.29 is 33.4 Å². The number of nitrogens with zero attached hydrogens (tertiary/aromatic N) is 6. The molecule has 4 amide bonds. The Morgan fingerprint density at radius 1 is 0.939 bits per heavy atom. The number of carbonyl (C=O) groups is 4. The molecule has 0 spiro atoms. The average Bonchev–Trinajstić information content (AvgIpc) is 3.64. The van der Waals surface area contributed by atoms with Crippen molar-refractivity contribution in [3.8, 4) is 22.8 Å². The van der Waals surface area contributed by atoms with Gasteiger partial charge in [-0.1, -0.05) is 41.4 Å². The first kappa shape index (κ1) is 47.9. The van der Waals surface area contributed by atoms with E-state index < -0.39 is 41.3 Å². The van der Waals surface area contributed by atoms with Gasteiger partial charge in [0.1, 0.15) is 29.4 Å². The maximum absolute atomic E-state index is 14.9. The number of carbonyl (C=O) groups excluding carboxylic acids is 4. The third-order valence-corrected chi connectivity index (χ3v) is 12.8. The minimum absolute atomic E-state index is 0.112. The third-order valence-electron chi connectivity index (χ3n) is 12.3. The normalized spacial score (nSPS) is 20.8. The van der Waals surface area contributed by atoms with Crippen molar-refractivity contribution in [2.24, 2.45) is 13.0 Å². The van der Waals surface area contributed by atoms with E-state index in [1.807, 2.05) is 68.3 Å². The summed E-state index contributed by atoms with van der Waals surface area (Å²) in [5.41, 5.74) is 3.08. The van der Waals surface area contributed by atoms with Crippen molar-refractivity contribution >= 4 is 46.8 Å². The van der Waals surface area contributed by atoms with E-state index in [9.17, 15) is 24.4 Å². The van der Waals surface area contributed by atoms with Crippen molar-refractivity contribution in [1.82, 2.24) is 34.9 Å². The molecule has 2 aliphatic heterocycles. The molecule has 7 rings (SSSR count). The predicted molar refractivity (Wildman–Crippen MR) is 250 cm³/mol. The monoisotopic (exact) mass is 938 g/mol. The molecule has 5 aromatic rings. The molecule has 4 atom stereocenters. The molecule has 2 fully saturated rings. The largest absolute Gasteiger partial charge is 0.619 e. The maximum Gasteiger partial charge on any atom is 0.245 e. The number of benzene rings is 3. The molecule has 2 aromatic heterocycles. The molecular formula is C49H56Cl2N8O7. The molecule has 4 heterocycles. The second-order valence-corrected chi connectivity index (χ2v) is 18.4. The van der Waals surface area contributed by atoms with Gasteiger partial charge in [0.05, 0.1) is 43.0 Å². The van der Waals surface area contributed by atoms with Gasteiger partial charge in [-0.05, 0) is 106 Å². The van der Waals surface area contributed by atoms with Crippen molar-refractivity contribution in [2.75, 3.05) is 40.9 Å². The number of aromatic nitrogens is 3. The fraction of sp³-hybridized carbons (Fsp3) is 0.388. The Hall–Kier alpha value is -6.00. The zero-order valence-electron chi connectivity index (χ0n) is 37.8. The number of nitrogens with one attached hydrogen (secondary N) is 2. The Balaban J connectivity index is 1.22. The minimum Gasteiger partial charge on any atom is -0.619 e. The lowest BCUT2D eigenvalue weighted by Crippen LogP contribution is -2.65. The number of ether oxygens (including phenoxy) is 2. The topological polar surface area (TPSA) is 165 Å². The number of pyridine rings is 1. The maximum atomic E-state index is 14.9. The van der Waals surface area contributed by atoms with Crippen LogP contribution in [0.5, 0.6) is 11.5 Å². The number of imidazole rings is 1. The summed E-state index contributed by atoms with van der Waals surface area (Å²) in [6.07, 6.45) is 5.92. The van der Waals surface area contributed by atoms with E-state index in [2.05, 4.69) is 20.5 Å². The van der Waals surface area contributed by atoms with Crippen LogP contribution in [-0.4, -0.2) is 106 Å². The predicted octanol–water partition coefficient (Wildman–Crippen LogP) is 5.71. The van der Waals surface area contributed by atoms with E-state index in [0.29, 0.717) is 69.8 Å². The zero-order chi connectivity index (χ0) is 47.1. The van der Waals surface area contributed by atoms with E-state index in [1.54, 1.807) is 54.3 Å². The standard InChI is InChI=1S/C49H56Cl2N8O7/c1-32-46(61)53-41(30-65-5)47(62)54-49(26-34-7-12-38(50)13-8-34)19-6-20-57(31-49)48(63)37(23-33-17-21-58(64)22-18-33)24-45(60)59(32)28-36-9-14-39(51)25-43(36)66-40-15-10-35(11-16-40)42-27-52-44(56(42)4)29-55(2)3/h7-18,21-22,25,27,32,37,41H,6,19-20,23-24,26,28-31H2,1-5H3,(H,53,61)(H,54,62)/t32-,37+,41-,49+/m0/s1. The Labute approximate surface area is 395 Å². The molecular weight excluding hydrogens is 883 g/mol. The molecule has 2 N–H and O–H groups in total. The molecule has 17 heteroatoms. The second-order valence-electron chi connectivity index (χ2n) is 17.6. The van der Waals surface area contributed by atoms with Crippen molar-refractivity contribution in [3.63, 3.8) is 0 Å². The molecule has 2 bridgehead atoms. The van der Waals surface area contributed by atoms with Crippen LogP contribution < -0.4 is 20.1 Å². The van der Waals surface area contributed by atoms with Crippen LogP contribution in [0.15, 0.2) is 97.5 Å². The number of rotatable bonds is 13. The first-order valence-corrected chi connectivity index (χ1v) is 22.7. The Morgan fingerprint density at radius 3 is 2.35 bits per heavy atom. The van der Waals surface area contributed by atoms with Crippen LogP contribution in [0.25, 0.3) is 11.3 Å². The second kappa shape index (κ2) is 21.1. The lowest BCUT2D eigenvalue weighted by molar-refractivity contribution is -0.605. The average molecular weight is 940 g/mol. The first-order valence-electron chi connectivity index (χ1n) is 21.9. The highest BCUT2D eigenvalue weighted by molar-refractivity contribution is 6.31. The van der Waals surface area contributed by atoms with Crippen molar-refractivity contribution in [1.29, 1.82) is 0 Å². The molecule has 3 aromatic carbocycles. The van der Waals surface area contributed by atoms with Crippen LogP contribution in [0.4, 0.5) is 0 Å². The molecule has 348 valence electrons. The number of methoxy groups -OCH3 is 1. The Bertz CT molecular complexity index is 2520. The molecule has 66 heavy (non-hydrogen) atoms. The van der Waals surface area contributed by atoms with Gasteiger partial charge in [0.15, 0.2) is 12.4 Å². The summed E-state index contributed by atoms with van der Waals surface area (Å²) in [5.74, 6) is -0.946. The lowest BCUT2D eigenvalue weighted by atomic mass is 9.81. The van der Waals surface area contributed by atoms with E-state index in [4.69, 9.17) is 32.7 Å². The summed E-state index contributed by atoms with van der Waals surface area (Å²) in [5, 5.41) is 19.1. The summed E-state index contributed by atoms with van der Waals surface area (Å²) in [4.78, 5) is 68.4. The summed E-state index contributed by atoms with van der Waals surface area (Å²) in [6, 6.07) is 20.9. The van der Waals surface area contributed by atoms with Gasteiger partial charge in [-0.2, -0.15) is 4.73 Å². The Kier molecular flexibility index (Phi) is 15.3. The van der Waals surface area contributed by atoms with Crippen LogP contribution >= 0.6 is 23.2 Å². The highest BCUT2D eigenvalue weighted by Crippen LogP contribution is 2.34. The van der Waals surface area contributed by atoms with Gasteiger partial charge in [0, 0.05) is 67.0 Å². The van der Waals surface area contributed by atoms with Gasteiger partial charge in [0.2, 0.25) is 23.6 Å². The van der Waals surface area contributed by atoms with Gasteiger partial charge in [0.25, 0.3) is 0 Å². The molecule has 15 nitrogen and oxygen atoms in total. The van der Waals surface area contributed by atoms with Crippen LogP contribution in [0.2, 0.25) is 10.0 Å². The van der Waals surface area contributed by atoms with Crippen LogP contribution in [0, 0.1) is 11.1 Å². The van der Waals surface area contributed by atoms with E-state index in [-0.39, 0.29) is 38.4 Å². The van der Waals surface area contributed by atoms with Crippen molar-refractivity contribution in [3.05, 3.63) is 135 Å². The highest BCUT2D eigenvalue weighted by atomic mass is 35.5.